The fourth-order valence-corrected chi connectivity index (χ4v) is 1.49. The molecule has 0 aliphatic carbocycles. The Balaban J connectivity index is 2.11. The molecule has 0 aliphatic rings. The quantitative estimate of drug-likeness (QED) is 0.894. The molecule has 2 aromatic rings. The molecule has 0 saturated heterocycles. The maximum atomic E-state index is 13.4. The summed E-state index contributed by atoms with van der Waals surface area (Å²) in [5.41, 5.74) is 0.580. The van der Waals surface area contributed by atoms with Gasteiger partial charge in [0, 0.05) is 12.6 Å². The largest absolute Gasteiger partial charge is 0.437 e. The molecule has 19 heavy (non-hydrogen) atoms. The van der Waals surface area contributed by atoms with E-state index >= 15 is 0 Å². The Kier molecular flexibility index (Phi) is 4.28. The Morgan fingerprint density at radius 1 is 1.32 bits per heavy atom. The van der Waals surface area contributed by atoms with Crippen LogP contribution in [0.4, 0.5) is 10.2 Å². The van der Waals surface area contributed by atoms with E-state index in [1.807, 2.05) is 0 Å². The van der Waals surface area contributed by atoms with E-state index in [-0.39, 0.29) is 5.82 Å². The first-order chi connectivity index (χ1) is 9.19. The molecule has 1 aromatic carbocycles. The average molecular weight is 261 g/mol. The number of ether oxygens (including phenoxy) is 1. The molecular weight excluding hydrogens is 245 g/mol. The highest BCUT2D eigenvalue weighted by Crippen LogP contribution is 2.22. The van der Waals surface area contributed by atoms with E-state index in [2.05, 4.69) is 22.2 Å². The normalized spacial score (nSPS) is 10.3. The minimum Gasteiger partial charge on any atom is -0.437 e. The molecule has 0 bridgehead atoms. The lowest BCUT2D eigenvalue weighted by atomic mass is 10.2. The van der Waals surface area contributed by atoms with Crippen LogP contribution in [0.15, 0.2) is 30.6 Å². The molecule has 0 amide bonds. The number of hydrogen-bond donors (Lipinski definition) is 1. The van der Waals surface area contributed by atoms with Crippen LogP contribution >= 0.6 is 0 Å². The third-order valence-electron chi connectivity index (χ3n) is 2.53. The second kappa shape index (κ2) is 6.13. The van der Waals surface area contributed by atoms with Crippen LogP contribution in [0.25, 0.3) is 0 Å². The molecule has 0 radical (unpaired) electrons. The van der Waals surface area contributed by atoms with Crippen LogP contribution in [0.1, 0.15) is 18.9 Å². The lowest BCUT2D eigenvalue weighted by Crippen LogP contribution is -2.03. The zero-order valence-electron chi connectivity index (χ0n) is 11.0. The van der Waals surface area contributed by atoms with Crippen molar-refractivity contribution in [1.29, 1.82) is 0 Å². The van der Waals surface area contributed by atoms with Crippen molar-refractivity contribution >= 4 is 5.82 Å². The van der Waals surface area contributed by atoms with Crippen LogP contribution in [-0.4, -0.2) is 16.5 Å². The zero-order valence-corrected chi connectivity index (χ0v) is 11.0. The monoisotopic (exact) mass is 261 g/mol. The fourth-order valence-electron chi connectivity index (χ4n) is 1.49. The average Bonchev–Trinajstić information content (AvgIpc) is 2.41. The summed E-state index contributed by atoms with van der Waals surface area (Å²) in [6.45, 7) is 4.58. The van der Waals surface area contributed by atoms with Gasteiger partial charge >= 0.3 is 0 Å². The molecule has 0 saturated carbocycles. The summed E-state index contributed by atoms with van der Waals surface area (Å²) < 4.78 is 18.9. The summed E-state index contributed by atoms with van der Waals surface area (Å²) in [5, 5.41) is 3.11. The molecule has 0 fully saturated rings. The first-order valence-corrected chi connectivity index (χ1v) is 6.19. The van der Waals surface area contributed by atoms with E-state index in [0.29, 0.717) is 23.0 Å². The highest BCUT2D eigenvalue weighted by molar-refractivity contribution is 5.35. The number of nitrogens with one attached hydrogen (secondary N) is 1. The maximum Gasteiger partial charge on any atom is 0.239 e. The second-order valence-corrected chi connectivity index (χ2v) is 4.18. The van der Waals surface area contributed by atoms with Crippen molar-refractivity contribution in [2.75, 3.05) is 11.9 Å². The molecule has 100 valence electrons. The van der Waals surface area contributed by atoms with Crippen molar-refractivity contribution in [1.82, 2.24) is 9.97 Å². The van der Waals surface area contributed by atoms with Gasteiger partial charge in [0.15, 0.2) is 0 Å². The van der Waals surface area contributed by atoms with E-state index in [1.54, 1.807) is 25.3 Å². The number of rotatable bonds is 5. The molecule has 0 spiro atoms. The Labute approximate surface area is 111 Å². The van der Waals surface area contributed by atoms with Crippen molar-refractivity contribution in [3.8, 4) is 11.6 Å². The van der Waals surface area contributed by atoms with E-state index in [1.165, 1.54) is 12.3 Å². The first-order valence-electron chi connectivity index (χ1n) is 6.19. The van der Waals surface area contributed by atoms with Gasteiger partial charge in [0.25, 0.3) is 0 Å². The van der Waals surface area contributed by atoms with Gasteiger partial charge in [-0.15, -0.1) is 0 Å². The Bertz CT molecular complexity index is 560. The van der Waals surface area contributed by atoms with Crippen LogP contribution in [-0.2, 0) is 0 Å². The molecule has 5 heteroatoms. The molecule has 0 unspecified atom stereocenters. The maximum absolute atomic E-state index is 13.4. The van der Waals surface area contributed by atoms with Gasteiger partial charge in [-0.3, -0.25) is 4.98 Å². The van der Waals surface area contributed by atoms with Crippen LogP contribution in [0.2, 0.25) is 0 Å². The molecule has 0 atom stereocenters. The number of anilines is 1. The van der Waals surface area contributed by atoms with Crippen LogP contribution in [0, 0.1) is 12.7 Å². The number of nitrogens with zero attached hydrogens (tertiary/aromatic N) is 2. The van der Waals surface area contributed by atoms with Crippen molar-refractivity contribution in [3.05, 3.63) is 42.0 Å². The number of aromatic nitrogens is 2. The minimum atomic E-state index is -0.300. The highest BCUT2D eigenvalue weighted by Gasteiger charge is 2.04. The van der Waals surface area contributed by atoms with Crippen molar-refractivity contribution in [2.24, 2.45) is 0 Å². The Morgan fingerprint density at radius 2 is 2.16 bits per heavy atom. The third kappa shape index (κ3) is 3.64. The summed E-state index contributed by atoms with van der Waals surface area (Å²) >= 11 is 0. The molecule has 2 rings (SSSR count). The van der Waals surface area contributed by atoms with Crippen LogP contribution in [0.5, 0.6) is 11.6 Å². The molecule has 1 N–H and O–H groups in total. The summed E-state index contributed by atoms with van der Waals surface area (Å²) in [4.78, 5) is 8.27. The summed E-state index contributed by atoms with van der Waals surface area (Å²) in [6, 6.07) is 4.70. The summed E-state index contributed by atoms with van der Waals surface area (Å²) in [6.07, 6.45) is 4.11. The van der Waals surface area contributed by atoms with Crippen molar-refractivity contribution in [2.45, 2.75) is 20.3 Å². The smallest absolute Gasteiger partial charge is 0.239 e. The van der Waals surface area contributed by atoms with Gasteiger partial charge in [-0.2, -0.15) is 4.98 Å². The second-order valence-electron chi connectivity index (χ2n) is 4.18. The third-order valence-corrected chi connectivity index (χ3v) is 2.53. The molecule has 1 heterocycles. The van der Waals surface area contributed by atoms with Gasteiger partial charge in [0.2, 0.25) is 5.88 Å². The van der Waals surface area contributed by atoms with Gasteiger partial charge in [-0.25, -0.2) is 4.39 Å². The molecular formula is C14H16FN3O. The van der Waals surface area contributed by atoms with Gasteiger partial charge in [-0.1, -0.05) is 13.0 Å². The number of benzene rings is 1. The van der Waals surface area contributed by atoms with Gasteiger partial charge in [-0.05, 0) is 25.0 Å². The summed E-state index contributed by atoms with van der Waals surface area (Å²) in [7, 11) is 0. The van der Waals surface area contributed by atoms with E-state index in [0.717, 1.165) is 13.0 Å². The van der Waals surface area contributed by atoms with E-state index < -0.39 is 0 Å². The topological polar surface area (TPSA) is 47.0 Å². The van der Waals surface area contributed by atoms with Crippen molar-refractivity contribution < 1.29 is 9.13 Å². The van der Waals surface area contributed by atoms with E-state index in [4.69, 9.17) is 4.74 Å². The van der Waals surface area contributed by atoms with Gasteiger partial charge in [0.05, 0.1) is 12.4 Å². The number of hydrogen-bond acceptors (Lipinski definition) is 4. The molecule has 4 nitrogen and oxygen atoms in total. The molecule has 1 aromatic heterocycles. The predicted molar refractivity (Wildman–Crippen MR) is 72.0 cm³/mol. The zero-order chi connectivity index (χ0) is 13.7. The first kappa shape index (κ1) is 13.3. The van der Waals surface area contributed by atoms with Gasteiger partial charge in [0.1, 0.15) is 17.4 Å². The van der Waals surface area contributed by atoms with Gasteiger partial charge < -0.3 is 10.1 Å². The lowest BCUT2D eigenvalue weighted by molar-refractivity contribution is 0.455. The number of aryl methyl sites for hydroxylation is 1. The fraction of sp³-hybridized carbons (Fsp3) is 0.286. The summed E-state index contributed by atoms with van der Waals surface area (Å²) in [5.74, 6) is 1.09. The number of halogens is 1. The van der Waals surface area contributed by atoms with Crippen LogP contribution < -0.4 is 10.1 Å². The Morgan fingerprint density at radius 3 is 2.89 bits per heavy atom. The van der Waals surface area contributed by atoms with Crippen molar-refractivity contribution in [3.63, 3.8) is 0 Å². The predicted octanol–water partition coefficient (Wildman–Crippen LogP) is 3.54. The highest BCUT2D eigenvalue weighted by atomic mass is 19.1. The minimum absolute atomic E-state index is 0.300. The standard InChI is InChI=1S/C14H16FN3O/c1-3-6-17-13-8-16-9-14(18-13)19-11-5-4-10(2)12(15)7-11/h4-5,7-9H,3,6H2,1-2H3,(H,17,18). The van der Waals surface area contributed by atoms with Crippen LogP contribution in [0.3, 0.4) is 0 Å². The van der Waals surface area contributed by atoms with E-state index in [9.17, 15) is 4.39 Å². The lowest BCUT2D eigenvalue weighted by Gasteiger charge is -2.07. The molecule has 0 aliphatic heterocycles. The Hall–Kier alpha value is -2.17. The SMILES string of the molecule is CCCNc1cncc(Oc2ccc(C)c(F)c2)n1.